The maximum Gasteiger partial charge on any atom is 0.0541 e. The van der Waals surface area contributed by atoms with Crippen LogP contribution in [0.25, 0.3) is 82.8 Å². The minimum Gasteiger partial charge on any atom is -0.310 e. The van der Waals surface area contributed by atoms with E-state index in [1.807, 2.05) is 0 Å². The van der Waals surface area contributed by atoms with Crippen molar-refractivity contribution >= 4 is 49.6 Å². The van der Waals surface area contributed by atoms with Gasteiger partial charge < -0.3 is 9.47 Å². The first kappa shape index (κ1) is 36.9. The average molecular weight is 805 g/mol. The fourth-order valence-corrected chi connectivity index (χ4v) is 10.2. The molecule has 0 spiro atoms. The van der Waals surface area contributed by atoms with Gasteiger partial charge in [-0.2, -0.15) is 0 Å². The normalized spacial score (nSPS) is 12.7. The summed E-state index contributed by atoms with van der Waals surface area (Å²) in [4.78, 5) is 2.42. The number of benzene rings is 10. The van der Waals surface area contributed by atoms with Crippen LogP contribution in [0.4, 0.5) is 17.1 Å². The Morgan fingerprint density at radius 1 is 0.333 bits per heavy atom. The van der Waals surface area contributed by atoms with Crippen LogP contribution in [0.2, 0.25) is 0 Å². The highest BCUT2D eigenvalue weighted by Gasteiger charge is 2.35. The van der Waals surface area contributed by atoms with Gasteiger partial charge >= 0.3 is 0 Å². The molecule has 0 saturated heterocycles. The molecular formula is C61H44N2. The Balaban J connectivity index is 0.951. The number of fused-ring (bicyclic) bond motifs is 7. The third-order valence-electron chi connectivity index (χ3n) is 13.4. The van der Waals surface area contributed by atoms with Gasteiger partial charge in [-0.25, -0.2) is 0 Å². The largest absolute Gasteiger partial charge is 0.310 e. The van der Waals surface area contributed by atoms with Crippen LogP contribution in [0, 0.1) is 0 Å². The maximum absolute atomic E-state index is 2.43. The molecule has 0 radical (unpaired) electrons. The molecule has 10 aromatic carbocycles. The summed E-state index contributed by atoms with van der Waals surface area (Å²) < 4.78 is 2.43. The molecule has 1 heterocycles. The Morgan fingerprint density at radius 3 is 1.73 bits per heavy atom. The van der Waals surface area contributed by atoms with Crippen molar-refractivity contribution in [2.75, 3.05) is 4.90 Å². The standard InChI is InChI=1S/C61H44N2/c1-61(2)56-26-10-8-24-52(56)53-35-34-50(40-57(53)61)62(48-32-29-42(30-33-48)41-15-4-3-5-16-41)49-22-13-21-46(38-49)44-19-12-20-45(37-44)47-31-36-60-55(39-47)54-25-9-11-27-59(54)63(60)58-28-14-18-43-17-6-7-23-51(43)58/h3-40H,1-2H3. The minimum absolute atomic E-state index is 0.110. The summed E-state index contributed by atoms with van der Waals surface area (Å²) in [5, 5.41) is 4.99. The average Bonchev–Trinajstić information content (AvgIpc) is 3.79. The van der Waals surface area contributed by atoms with E-state index in [2.05, 4.69) is 254 Å². The topological polar surface area (TPSA) is 8.17 Å². The summed E-state index contributed by atoms with van der Waals surface area (Å²) in [7, 11) is 0. The summed E-state index contributed by atoms with van der Waals surface area (Å²) in [5.74, 6) is 0. The number of anilines is 3. The highest BCUT2D eigenvalue weighted by molar-refractivity contribution is 6.11. The van der Waals surface area contributed by atoms with Crippen molar-refractivity contribution in [1.82, 2.24) is 4.57 Å². The summed E-state index contributed by atoms with van der Waals surface area (Å²) in [6, 6.07) is 84.6. The maximum atomic E-state index is 2.43. The van der Waals surface area contributed by atoms with Crippen molar-refractivity contribution in [3.63, 3.8) is 0 Å². The minimum atomic E-state index is -0.110. The number of rotatable bonds is 7. The molecule has 0 saturated carbocycles. The lowest BCUT2D eigenvalue weighted by Gasteiger charge is -2.28. The lowest BCUT2D eigenvalue weighted by Crippen LogP contribution is -2.16. The molecule has 2 heteroatoms. The Bertz CT molecular complexity index is 3530. The number of hydrogen-bond donors (Lipinski definition) is 0. The predicted octanol–water partition coefficient (Wildman–Crippen LogP) is 16.7. The van der Waals surface area contributed by atoms with Crippen LogP contribution in [0.15, 0.2) is 231 Å². The van der Waals surface area contributed by atoms with E-state index in [9.17, 15) is 0 Å². The highest BCUT2D eigenvalue weighted by Crippen LogP contribution is 2.51. The zero-order valence-electron chi connectivity index (χ0n) is 35.3. The molecular weight excluding hydrogens is 761 g/mol. The van der Waals surface area contributed by atoms with E-state index in [0.717, 1.165) is 17.1 Å². The molecule has 0 amide bonds. The van der Waals surface area contributed by atoms with Crippen molar-refractivity contribution in [1.29, 1.82) is 0 Å². The molecule has 0 aliphatic heterocycles. The second-order valence-corrected chi connectivity index (χ2v) is 17.4. The van der Waals surface area contributed by atoms with E-state index in [-0.39, 0.29) is 5.41 Å². The van der Waals surface area contributed by atoms with Gasteiger partial charge in [0, 0.05) is 38.6 Å². The first-order chi connectivity index (χ1) is 31.0. The lowest BCUT2D eigenvalue weighted by molar-refractivity contribution is 0.660. The molecule has 0 unspecified atom stereocenters. The number of para-hydroxylation sites is 1. The highest BCUT2D eigenvalue weighted by atomic mass is 15.1. The van der Waals surface area contributed by atoms with Gasteiger partial charge in [0.05, 0.1) is 16.7 Å². The van der Waals surface area contributed by atoms with Gasteiger partial charge in [0.15, 0.2) is 0 Å². The van der Waals surface area contributed by atoms with Gasteiger partial charge in [0.25, 0.3) is 0 Å². The van der Waals surface area contributed by atoms with E-state index >= 15 is 0 Å². The molecule has 0 fully saturated rings. The van der Waals surface area contributed by atoms with Gasteiger partial charge in [-0.1, -0.05) is 178 Å². The van der Waals surface area contributed by atoms with Gasteiger partial charge in [0.1, 0.15) is 0 Å². The van der Waals surface area contributed by atoms with Crippen LogP contribution >= 0.6 is 0 Å². The Hall–Kier alpha value is -7.94. The fraction of sp³-hybridized carbons (Fsp3) is 0.0492. The molecule has 2 nitrogen and oxygen atoms in total. The molecule has 0 N–H and O–H groups in total. The van der Waals surface area contributed by atoms with Gasteiger partial charge in [-0.3, -0.25) is 0 Å². The molecule has 1 aromatic heterocycles. The summed E-state index contributed by atoms with van der Waals surface area (Å²) >= 11 is 0. The van der Waals surface area contributed by atoms with Gasteiger partial charge in [0.2, 0.25) is 0 Å². The van der Waals surface area contributed by atoms with Crippen LogP contribution in [0.5, 0.6) is 0 Å². The van der Waals surface area contributed by atoms with Gasteiger partial charge in [-0.05, 0) is 128 Å². The first-order valence-corrected chi connectivity index (χ1v) is 21.9. The SMILES string of the molecule is CC1(C)c2ccccc2-c2ccc(N(c3ccc(-c4ccccc4)cc3)c3cccc(-c4cccc(-c5ccc6c(c5)c5ccccc5n6-c5cccc6ccccc56)c4)c3)cc21. The summed E-state index contributed by atoms with van der Waals surface area (Å²) in [5.41, 5.74) is 19.4. The van der Waals surface area contributed by atoms with Crippen molar-refractivity contribution in [2.24, 2.45) is 0 Å². The Labute approximate surface area is 368 Å². The third kappa shape index (κ3) is 6.09. The van der Waals surface area contributed by atoms with E-state index in [0.29, 0.717) is 0 Å². The summed E-state index contributed by atoms with van der Waals surface area (Å²) in [6.07, 6.45) is 0. The number of hydrogen-bond acceptors (Lipinski definition) is 1. The van der Waals surface area contributed by atoms with Crippen LogP contribution < -0.4 is 4.90 Å². The van der Waals surface area contributed by atoms with E-state index in [1.54, 1.807) is 0 Å². The zero-order valence-corrected chi connectivity index (χ0v) is 35.3. The molecule has 12 rings (SSSR count). The molecule has 1 aliphatic rings. The van der Waals surface area contributed by atoms with E-state index in [1.165, 1.54) is 93.9 Å². The summed E-state index contributed by atoms with van der Waals surface area (Å²) in [6.45, 7) is 4.71. The third-order valence-corrected chi connectivity index (χ3v) is 13.4. The second kappa shape index (κ2) is 14.6. The number of nitrogens with zero attached hydrogens (tertiary/aromatic N) is 2. The monoisotopic (exact) mass is 804 g/mol. The van der Waals surface area contributed by atoms with Crippen LogP contribution in [-0.4, -0.2) is 4.57 Å². The molecule has 0 bridgehead atoms. The van der Waals surface area contributed by atoms with Crippen molar-refractivity contribution in [3.05, 3.63) is 242 Å². The fourth-order valence-electron chi connectivity index (χ4n) is 10.2. The Morgan fingerprint density at radius 2 is 0.889 bits per heavy atom. The quantitative estimate of drug-likeness (QED) is 0.156. The van der Waals surface area contributed by atoms with Crippen molar-refractivity contribution < 1.29 is 0 Å². The number of aromatic nitrogens is 1. The van der Waals surface area contributed by atoms with Crippen molar-refractivity contribution in [2.45, 2.75) is 19.3 Å². The zero-order chi connectivity index (χ0) is 42.1. The molecule has 63 heavy (non-hydrogen) atoms. The molecule has 298 valence electrons. The van der Waals surface area contributed by atoms with Crippen molar-refractivity contribution in [3.8, 4) is 50.2 Å². The first-order valence-electron chi connectivity index (χ1n) is 21.9. The van der Waals surface area contributed by atoms with E-state index < -0.39 is 0 Å². The second-order valence-electron chi connectivity index (χ2n) is 17.4. The predicted molar refractivity (Wildman–Crippen MR) is 267 cm³/mol. The van der Waals surface area contributed by atoms with Crippen LogP contribution in [0.1, 0.15) is 25.0 Å². The Kier molecular flexibility index (Phi) is 8.55. The molecule has 1 aliphatic carbocycles. The van der Waals surface area contributed by atoms with E-state index in [4.69, 9.17) is 0 Å². The molecule has 11 aromatic rings. The lowest BCUT2D eigenvalue weighted by atomic mass is 9.82. The van der Waals surface area contributed by atoms with Gasteiger partial charge in [-0.15, -0.1) is 0 Å². The molecule has 0 atom stereocenters. The smallest absolute Gasteiger partial charge is 0.0541 e. The van der Waals surface area contributed by atoms with Crippen LogP contribution in [0.3, 0.4) is 0 Å². The van der Waals surface area contributed by atoms with Crippen LogP contribution in [-0.2, 0) is 5.41 Å².